The first-order chi connectivity index (χ1) is 14.2. The third kappa shape index (κ3) is 3.18. The highest BCUT2D eigenvalue weighted by atomic mass is 32.2. The number of aliphatic carboxylic acids is 2. The topological polar surface area (TPSA) is 132 Å². The van der Waals surface area contributed by atoms with Gasteiger partial charge in [0.05, 0.1) is 16.5 Å². The predicted octanol–water partition coefficient (Wildman–Crippen LogP) is 1.33. The molecule has 2 heterocycles. The van der Waals surface area contributed by atoms with Crippen molar-refractivity contribution in [2.24, 2.45) is 5.92 Å². The van der Waals surface area contributed by atoms with E-state index in [9.17, 15) is 27.9 Å². The second kappa shape index (κ2) is 7.13. The molecule has 0 radical (unpaired) electrons. The average molecular weight is 430 g/mol. The van der Waals surface area contributed by atoms with Crippen LogP contribution in [0.3, 0.4) is 0 Å². The van der Waals surface area contributed by atoms with Crippen LogP contribution < -0.4 is 9.21 Å². The van der Waals surface area contributed by atoms with E-state index in [1.807, 2.05) is 0 Å². The first-order valence-corrected chi connectivity index (χ1v) is 10.6. The normalized spacial score (nSPS) is 21.0. The Morgan fingerprint density at radius 3 is 2.20 bits per heavy atom. The van der Waals surface area contributed by atoms with Gasteiger partial charge >= 0.3 is 11.9 Å². The molecule has 2 aromatic rings. The molecule has 1 amide bonds. The first-order valence-electron chi connectivity index (χ1n) is 9.18. The molecule has 10 heteroatoms. The third-order valence-corrected chi connectivity index (χ3v) is 7.23. The lowest BCUT2D eigenvalue weighted by molar-refractivity contribution is -0.141. The number of carboxylic acids is 2. The smallest absolute Gasteiger partial charge is 0.327 e. The molecule has 2 unspecified atom stereocenters. The zero-order chi connectivity index (χ0) is 21.6. The van der Waals surface area contributed by atoms with Crippen molar-refractivity contribution >= 4 is 39.2 Å². The summed E-state index contributed by atoms with van der Waals surface area (Å²) in [4.78, 5) is 36.1. The Morgan fingerprint density at radius 1 is 0.933 bits per heavy atom. The van der Waals surface area contributed by atoms with Crippen molar-refractivity contribution < 1.29 is 33.0 Å². The Bertz CT molecular complexity index is 1140. The molecule has 0 aromatic heterocycles. The maximum absolute atomic E-state index is 13.3. The van der Waals surface area contributed by atoms with Gasteiger partial charge in [-0.15, -0.1) is 0 Å². The highest BCUT2D eigenvalue weighted by Gasteiger charge is 2.42. The molecule has 156 valence electrons. The number of hydrogen-bond donors (Lipinski definition) is 2. The van der Waals surface area contributed by atoms with Crippen molar-refractivity contribution in [1.29, 1.82) is 0 Å². The summed E-state index contributed by atoms with van der Waals surface area (Å²) in [5, 5.41) is 18.7. The van der Waals surface area contributed by atoms with Crippen LogP contribution in [-0.4, -0.2) is 49.1 Å². The van der Waals surface area contributed by atoms with E-state index in [4.69, 9.17) is 5.11 Å². The van der Waals surface area contributed by atoms with E-state index in [0.717, 1.165) is 4.31 Å². The van der Waals surface area contributed by atoms with Crippen LogP contribution in [0.2, 0.25) is 0 Å². The summed E-state index contributed by atoms with van der Waals surface area (Å²) in [7, 11) is -4.17. The van der Waals surface area contributed by atoms with E-state index in [1.165, 1.54) is 29.2 Å². The quantitative estimate of drug-likeness (QED) is 0.731. The van der Waals surface area contributed by atoms with E-state index in [-0.39, 0.29) is 30.2 Å². The van der Waals surface area contributed by atoms with E-state index < -0.39 is 33.9 Å². The minimum atomic E-state index is -4.17. The number of benzene rings is 2. The molecule has 0 saturated carbocycles. The van der Waals surface area contributed by atoms with Crippen molar-refractivity contribution in [3.63, 3.8) is 0 Å². The molecule has 2 atom stereocenters. The van der Waals surface area contributed by atoms with Crippen LogP contribution >= 0.6 is 0 Å². The zero-order valence-electron chi connectivity index (χ0n) is 15.6. The van der Waals surface area contributed by atoms with E-state index in [0.29, 0.717) is 16.9 Å². The lowest BCUT2D eigenvalue weighted by Gasteiger charge is -2.24. The monoisotopic (exact) mass is 430 g/mol. The van der Waals surface area contributed by atoms with Crippen LogP contribution in [-0.2, 0) is 30.8 Å². The Morgan fingerprint density at radius 2 is 1.60 bits per heavy atom. The number of fused-ring (bicyclic) bond motifs is 1. The van der Waals surface area contributed by atoms with Gasteiger partial charge in [-0.2, -0.15) is 0 Å². The molecule has 2 aromatic carbocycles. The van der Waals surface area contributed by atoms with Gasteiger partial charge < -0.3 is 15.1 Å². The largest absolute Gasteiger partial charge is 0.481 e. The fraction of sp³-hybridized carbons (Fsp3) is 0.250. The summed E-state index contributed by atoms with van der Waals surface area (Å²) in [6.45, 7) is 0.0147. The fourth-order valence-electron chi connectivity index (χ4n) is 3.88. The van der Waals surface area contributed by atoms with E-state index >= 15 is 0 Å². The highest BCUT2D eigenvalue weighted by Crippen LogP contribution is 2.37. The summed E-state index contributed by atoms with van der Waals surface area (Å²) in [6.07, 6.45) is -0.0398. The van der Waals surface area contributed by atoms with Gasteiger partial charge in [0.1, 0.15) is 6.04 Å². The van der Waals surface area contributed by atoms with Gasteiger partial charge in [-0.05, 0) is 35.9 Å². The molecular weight excluding hydrogens is 412 g/mol. The van der Waals surface area contributed by atoms with Crippen LogP contribution in [0.1, 0.15) is 12.0 Å². The standard InChI is InChI=1S/C20H18N2O7S/c23-18-10-13(19(24)25)11-21(18)14-5-7-15(8-6-14)30(28,29)22-16-4-2-1-3-12(16)9-17(22)20(26)27/h1-8,13,17H,9-11H2,(H,24,25)(H,26,27). The lowest BCUT2D eigenvalue weighted by atomic mass is 10.1. The minimum absolute atomic E-state index is 0.0147. The molecular formula is C20H18N2O7S. The van der Waals surface area contributed by atoms with E-state index in [2.05, 4.69) is 0 Å². The summed E-state index contributed by atoms with van der Waals surface area (Å²) in [6, 6.07) is 10.8. The third-order valence-electron chi connectivity index (χ3n) is 5.39. The first kappa shape index (κ1) is 19.9. The molecule has 0 aliphatic carbocycles. The highest BCUT2D eigenvalue weighted by molar-refractivity contribution is 7.93. The molecule has 0 bridgehead atoms. The number of para-hydroxylation sites is 1. The summed E-state index contributed by atoms with van der Waals surface area (Å²) in [5.41, 5.74) is 1.35. The SMILES string of the molecule is O=C(O)C1CC(=O)N(c2ccc(S(=O)(=O)N3c4ccccc4CC3C(=O)O)cc2)C1. The number of carbonyl (C=O) groups is 3. The molecule has 9 nitrogen and oxygen atoms in total. The number of sulfonamides is 1. The number of anilines is 2. The second-order valence-corrected chi connectivity index (χ2v) is 9.04. The van der Waals surface area contributed by atoms with Gasteiger partial charge in [-0.1, -0.05) is 18.2 Å². The molecule has 0 spiro atoms. The van der Waals surface area contributed by atoms with Crippen LogP contribution in [0.15, 0.2) is 53.4 Å². The number of carboxylic acid groups (broad SMARTS) is 2. The van der Waals surface area contributed by atoms with Crippen LogP contribution in [0.5, 0.6) is 0 Å². The zero-order valence-corrected chi connectivity index (χ0v) is 16.4. The molecule has 30 heavy (non-hydrogen) atoms. The predicted molar refractivity (Wildman–Crippen MR) is 106 cm³/mol. The maximum Gasteiger partial charge on any atom is 0.327 e. The lowest BCUT2D eigenvalue weighted by Crippen LogP contribution is -2.42. The number of carbonyl (C=O) groups excluding carboxylic acids is 1. The molecule has 2 aliphatic heterocycles. The average Bonchev–Trinajstić information content (AvgIpc) is 3.29. The fourth-order valence-corrected chi connectivity index (χ4v) is 5.52. The molecule has 1 fully saturated rings. The van der Waals surface area contributed by atoms with Gasteiger partial charge in [0.15, 0.2) is 0 Å². The summed E-state index contributed by atoms with van der Waals surface area (Å²) in [5.74, 6) is -3.46. The van der Waals surface area contributed by atoms with Crippen molar-refractivity contribution in [3.8, 4) is 0 Å². The van der Waals surface area contributed by atoms with Gasteiger partial charge in [0.25, 0.3) is 10.0 Å². The number of nitrogens with zero attached hydrogens (tertiary/aromatic N) is 2. The van der Waals surface area contributed by atoms with Crippen molar-refractivity contribution in [2.45, 2.75) is 23.8 Å². The Labute approximate surface area is 172 Å². The van der Waals surface area contributed by atoms with Gasteiger partial charge in [-0.25, -0.2) is 13.2 Å². The summed E-state index contributed by atoms with van der Waals surface area (Å²) >= 11 is 0. The van der Waals surface area contributed by atoms with Gasteiger partial charge in [0.2, 0.25) is 5.91 Å². The minimum Gasteiger partial charge on any atom is -0.481 e. The number of amides is 1. The van der Waals surface area contributed by atoms with Gasteiger partial charge in [-0.3, -0.25) is 13.9 Å². The maximum atomic E-state index is 13.3. The number of rotatable bonds is 5. The van der Waals surface area contributed by atoms with Crippen molar-refractivity contribution in [1.82, 2.24) is 0 Å². The summed E-state index contributed by atoms with van der Waals surface area (Å²) < 4.78 is 27.4. The molecule has 4 rings (SSSR count). The second-order valence-electron chi connectivity index (χ2n) is 7.23. The van der Waals surface area contributed by atoms with Crippen LogP contribution in [0, 0.1) is 5.92 Å². The van der Waals surface area contributed by atoms with Crippen LogP contribution in [0.4, 0.5) is 11.4 Å². The van der Waals surface area contributed by atoms with Gasteiger partial charge in [0, 0.05) is 25.1 Å². The molecule has 2 N–H and O–H groups in total. The molecule has 1 saturated heterocycles. The number of hydrogen-bond acceptors (Lipinski definition) is 5. The Hall–Kier alpha value is -3.40. The van der Waals surface area contributed by atoms with Crippen LogP contribution in [0.25, 0.3) is 0 Å². The Balaban J connectivity index is 1.66. The van der Waals surface area contributed by atoms with Crippen molar-refractivity contribution in [3.05, 3.63) is 54.1 Å². The van der Waals surface area contributed by atoms with Crippen molar-refractivity contribution in [2.75, 3.05) is 15.7 Å². The van der Waals surface area contributed by atoms with E-state index in [1.54, 1.807) is 24.3 Å². The molecule has 2 aliphatic rings. The Kier molecular flexibility index (Phi) is 4.73.